The molecule has 1 aromatic carbocycles. The molecule has 102 valence electrons. The lowest BCUT2D eigenvalue weighted by atomic mass is 10.2. The quantitative estimate of drug-likeness (QED) is 0.498. The zero-order chi connectivity index (χ0) is 13.4. The lowest BCUT2D eigenvalue weighted by Gasteiger charge is -2.14. The van der Waals surface area contributed by atoms with Crippen molar-refractivity contribution >= 4 is 39.3 Å². The molecule has 0 fully saturated rings. The average Bonchev–Trinajstić information content (AvgIpc) is 2.37. The Hall–Kier alpha value is -0.0600. The monoisotopic (exact) mass is 352 g/mol. The summed E-state index contributed by atoms with van der Waals surface area (Å²) in [6.07, 6.45) is 0. The lowest BCUT2D eigenvalue weighted by molar-refractivity contribution is 0.287. The summed E-state index contributed by atoms with van der Waals surface area (Å²) in [6.45, 7) is 5.38. The van der Waals surface area contributed by atoms with E-state index in [0.717, 1.165) is 33.0 Å². The van der Waals surface area contributed by atoms with Crippen molar-refractivity contribution in [1.29, 1.82) is 0 Å². The highest BCUT2D eigenvalue weighted by Crippen LogP contribution is 2.37. The van der Waals surface area contributed by atoms with E-state index in [-0.39, 0.29) is 0 Å². The topological polar surface area (TPSA) is 18.5 Å². The van der Waals surface area contributed by atoms with Crippen LogP contribution in [0.2, 0.25) is 0 Å². The van der Waals surface area contributed by atoms with Crippen LogP contribution in [0.4, 0.5) is 0 Å². The summed E-state index contributed by atoms with van der Waals surface area (Å²) in [4.78, 5) is 0. The van der Waals surface area contributed by atoms with Crippen LogP contribution >= 0.6 is 39.3 Å². The van der Waals surface area contributed by atoms with E-state index in [0.29, 0.717) is 19.1 Å². The van der Waals surface area contributed by atoms with E-state index in [9.17, 15) is 0 Å². The summed E-state index contributed by atoms with van der Waals surface area (Å²) < 4.78 is 12.3. The van der Waals surface area contributed by atoms with Crippen LogP contribution in [-0.2, 0) is 5.88 Å². The van der Waals surface area contributed by atoms with Gasteiger partial charge in [0.2, 0.25) is 0 Å². The van der Waals surface area contributed by atoms with Gasteiger partial charge in [-0.25, -0.2) is 0 Å². The van der Waals surface area contributed by atoms with Gasteiger partial charge in [0, 0.05) is 11.6 Å². The molecule has 0 aliphatic carbocycles. The van der Waals surface area contributed by atoms with E-state index in [1.807, 2.05) is 30.8 Å². The zero-order valence-corrected chi connectivity index (χ0v) is 13.8. The molecule has 0 saturated carbocycles. The maximum absolute atomic E-state index is 5.85. The van der Waals surface area contributed by atoms with Crippen LogP contribution in [0, 0.1) is 0 Å². The smallest absolute Gasteiger partial charge is 0.175 e. The van der Waals surface area contributed by atoms with E-state index in [4.69, 9.17) is 21.1 Å². The lowest BCUT2D eigenvalue weighted by Crippen LogP contribution is -2.04. The van der Waals surface area contributed by atoms with Gasteiger partial charge in [0.05, 0.1) is 17.7 Å². The number of thioether (sulfide) groups is 1. The van der Waals surface area contributed by atoms with Crippen molar-refractivity contribution in [2.24, 2.45) is 0 Å². The molecule has 0 unspecified atom stereocenters. The van der Waals surface area contributed by atoms with Crippen molar-refractivity contribution < 1.29 is 9.47 Å². The Morgan fingerprint density at radius 2 is 2.06 bits per heavy atom. The highest BCUT2D eigenvalue weighted by atomic mass is 79.9. The van der Waals surface area contributed by atoms with Crippen LogP contribution in [0.5, 0.6) is 11.5 Å². The first-order valence-corrected chi connectivity index (χ1v) is 8.42. The van der Waals surface area contributed by atoms with E-state index in [1.54, 1.807) is 0 Å². The fourth-order valence-corrected chi connectivity index (χ4v) is 2.70. The molecule has 0 radical (unpaired) electrons. The normalized spacial score (nSPS) is 10.4. The number of hydrogen-bond donors (Lipinski definition) is 0. The maximum atomic E-state index is 5.85. The highest BCUT2D eigenvalue weighted by molar-refractivity contribution is 9.10. The van der Waals surface area contributed by atoms with Crippen LogP contribution < -0.4 is 9.47 Å². The summed E-state index contributed by atoms with van der Waals surface area (Å²) in [6, 6.07) is 3.90. The standard InChI is InChI=1S/C13H18BrClO2S/c1-3-16-12-8-10(9-15)7-11(14)13(12)17-5-6-18-4-2/h7-8H,3-6,9H2,1-2H3. The molecule has 0 aliphatic rings. The van der Waals surface area contributed by atoms with Crippen LogP contribution in [0.1, 0.15) is 19.4 Å². The predicted molar refractivity (Wildman–Crippen MR) is 83.4 cm³/mol. The predicted octanol–water partition coefficient (Wildman–Crippen LogP) is 4.72. The Morgan fingerprint density at radius 3 is 2.67 bits per heavy atom. The SMILES string of the molecule is CCOc1cc(CCl)cc(Br)c1OCCSCC. The third-order valence-electron chi connectivity index (χ3n) is 2.20. The average molecular weight is 354 g/mol. The number of benzene rings is 1. The Balaban J connectivity index is 2.79. The number of hydrogen-bond acceptors (Lipinski definition) is 3. The van der Waals surface area contributed by atoms with E-state index >= 15 is 0 Å². The Kier molecular flexibility index (Phi) is 7.95. The van der Waals surface area contributed by atoms with Gasteiger partial charge in [0.15, 0.2) is 11.5 Å². The molecule has 0 bridgehead atoms. The molecule has 0 atom stereocenters. The molecule has 5 heteroatoms. The number of halogens is 2. The molecular formula is C13H18BrClO2S. The molecule has 0 saturated heterocycles. The fourth-order valence-electron chi connectivity index (χ4n) is 1.45. The van der Waals surface area contributed by atoms with Gasteiger partial charge in [0.1, 0.15) is 0 Å². The molecule has 2 nitrogen and oxygen atoms in total. The second-order valence-electron chi connectivity index (χ2n) is 3.52. The van der Waals surface area contributed by atoms with Crippen molar-refractivity contribution in [3.63, 3.8) is 0 Å². The van der Waals surface area contributed by atoms with Gasteiger partial charge in [0.25, 0.3) is 0 Å². The second kappa shape index (κ2) is 8.94. The van der Waals surface area contributed by atoms with E-state index < -0.39 is 0 Å². The van der Waals surface area contributed by atoms with Gasteiger partial charge in [-0.05, 0) is 46.3 Å². The molecule has 0 amide bonds. The van der Waals surface area contributed by atoms with Gasteiger partial charge in [-0.3, -0.25) is 0 Å². The molecule has 0 spiro atoms. The van der Waals surface area contributed by atoms with Crippen molar-refractivity contribution in [2.45, 2.75) is 19.7 Å². The molecule has 0 aromatic heterocycles. The first-order chi connectivity index (χ1) is 8.72. The minimum atomic E-state index is 0.463. The number of ether oxygens (including phenoxy) is 2. The molecular weight excluding hydrogens is 336 g/mol. The minimum Gasteiger partial charge on any atom is -0.490 e. The molecule has 1 rings (SSSR count). The van der Waals surface area contributed by atoms with Gasteiger partial charge < -0.3 is 9.47 Å². The molecule has 0 heterocycles. The molecule has 0 N–H and O–H groups in total. The van der Waals surface area contributed by atoms with Crippen LogP contribution in [0.15, 0.2) is 16.6 Å². The summed E-state index contributed by atoms with van der Waals surface area (Å²) in [5.41, 5.74) is 1.02. The van der Waals surface area contributed by atoms with E-state index in [2.05, 4.69) is 22.9 Å². The van der Waals surface area contributed by atoms with E-state index in [1.165, 1.54) is 0 Å². The number of rotatable bonds is 8. The first kappa shape index (κ1) is 16.0. The Morgan fingerprint density at radius 1 is 1.28 bits per heavy atom. The van der Waals surface area contributed by atoms with Gasteiger partial charge in [-0.15, -0.1) is 11.6 Å². The molecule has 18 heavy (non-hydrogen) atoms. The molecule has 0 aliphatic heterocycles. The summed E-state index contributed by atoms with van der Waals surface area (Å²) >= 11 is 11.2. The van der Waals surface area contributed by atoms with Crippen molar-refractivity contribution in [2.75, 3.05) is 24.7 Å². The number of alkyl halides is 1. The maximum Gasteiger partial charge on any atom is 0.175 e. The van der Waals surface area contributed by atoms with Gasteiger partial charge in [-0.1, -0.05) is 6.92 Å². The first-order valence-electron chi connectivity index (χ1n) is 5.94. The minimum absolute atomic E-state index is 0.463. The van der Waals surface area contributed by atoms with Crippen LogP contribution in [-0.4, -0.2) is 24.7 Å². The second-order valence-corrected chi connectivity index (χ2v) is 6.03. The summed E-state index contributed by atoms with van der Waals surface area (Å²) in [5.74, 6) is 4.07. The zero-order valence-electron chi connectivity index (χ0n) is 10.7. The van der Waals surface area contributed by atoms with Gasteiger partial charge >= 0.3 is 0 Å². The Labute approximate surface area is 127 Å². The molecule has 1 aromatic rings. The fraction of sp³-hybridized carbons (Fsp3) is 0.538. The van der Waals surface area contributed by atoms with Crippen molar-refractivity contribution in [1.82, 2.24) is 0 Å². The van der Waals surface area contributed by atoms with Crippen LogP contribution in [0.25, 0.3) is 0 Å². The third-order valence-corrected chi connectivity index (χ3v) is 3.96. The highest BCUT2D eigenvalue weighted by Gasteiger charge is 2.11. The van der Waals surface area contributed by atoms with Crippen molar-refractivity contribution in [3.8, 4) is 11.5 Å². The summed E-state index contributed by atoms with van der Waals surface area (Å²) in [5, 5.41) is 0. The Bertz CT molecular complexity index is 374. The summed E-state index contributed by atoms with van der Waals surface area (Å²) in [7, 11) is 0. The largest absolute Gasteiger partial charge is 0.490 e. The third kappa shape index (κ3) is 4.90. The van der Waals surface area contributed by atoms with Crippen LogP contribution in [0.3, 0.4) is 0 Å². The van der Waals surface area contributed by atoms with Gasteiger partial charge in [-0.2, -0.15) is 11.8 Å². The van der Waals surface area contributed by atoms with Crippen molar-refractivity contribution in [3.05, 3.63) is 22.2 Å².